The fraction of sp³-hybridized carbons (Fsp3) is 0.400. The van der Waals surface area contributed by atoms with E-state index in [9.17, 15) is 13.2 Å². The first-order valence-corrected chi connectivity index (χ1v) is 4.69. The number of aliphatic hydroxyl groups is 2. The van der Waals surface area contributed by atoms with Gasteiger partial charge in [0.2, 0.25) is 0 Å². The second kappa shape index (κ2) is 5.74. The Hall–Kier alpha value is -1.47. The summed E-state index contributed by atoms with van der Waals surface area (Å²) in [7, 11) is 0. The second-order valence-electron chi connectivity index (χ2n) is 3.12. The SMILES string of the molecule is OCC(CO)Oc1ccc(OC(F)(F)F)cc1. The molecule has 0 amide bonds. The lowest BCUT2D eigenvalue weighted by molar-refractivity contribution is -0.274. The fourth-order valence-corrected chi connectivity index (χ4v) is 1.04. The van der Waals surface area contributed by atoms with E-state index >= 15 is 0 Å². The summed E-state index contributed by atoms with van der Waals surface area (Å²) in [5.41, 5.74) is 0. The Labute approximate surface area is 95.2 Å². The quantitative estimate of drug-likeness (QED) is 0.829. The molecule has 17 heavy (non-hydrogen) atoms. The van der Waals surface area contributed by atoms with Crippen LogP contribution in [-0.4, -0.2) is 35.9 Å². The monoisotopic (exact) mass is 252 g/mol. The van der Waals surface area contributed by atoms with Crippen molar-refractivity contribution in [3.63, 3.8) is 0 Å². The van der Waals surface area contributed by atoms with Crippen LogP contribution in [0.3, 0.4) is 0 Å². The van der Waals surface area contributed by atoms with Crippen LogP contribution in [0.1, 0.15) is 0 Å². The zero-order valence-corrected chi connectivity index (χ0v) is 8.65. The molecule has 7 heteroatoms. The number of rotatable bonds is 5. The molecule has 96 valence electrons. The third-order valence-corrected chi connectivity index (χ3v) is 1.77. The molecule has 0 fully saturated rings. The lowest BCUT2D eigenvalue weighted by Crippen LogP contribution is -2.25. The van der Waals surface area contributed by atoms with Gasteiger partial charge in [-0.3, -0.25) is 0 Å². The van der Waals surface area contributed by atoms with Gasteiger partial charge in [0.25, 0.3) is 0 Å². The Morgan fingerprint density at radius 1 is 1.00 bits per heavy atom. The van der Waals surface area contributed by atoms with Gasteiger partial charge in [-0.05, 0) is 24.3 Å². The molecule has 0 saturated carbocycles. The minimum absolute atomic E-state index is 0.229. The Balaban J connectivity index is 2.62. The number of benzene rings is 1. The van der Waals surface area contributed by atoms with Gasteiger partial charge in [-0.15, -0.1) is 13.2 Å². The highest BCUT2D eigenvalue weighted by molar-refractivity contribution is 5.31. The highest BCUT2D eigenvalue weighted by Gasteiger charge is 2.30. The molecule has 0 heterocycles. The molecule has 0 aliphatic heterocycles. The molecule has 4 nitrogen and oxygen atoms in total. The summed E-state index contributed by atoms with van der Waals surface area (Å²) in [5, 5.41) is 17.5. The van der Waals surface area contributed by atoms with Crippen LogP contribution in [0.2, 0.25) is 0 Å². The van der Waals surface area contributed by atoms with Gasteiger partial charge in [-0.1, -0.05) is 0 Å². The van der Waals surface area contributed by atoms with Crippen molar-refractivity contribution in [3.8, 4) is 11.5 Å². The molecule has 0 saturated heterocycles. The van der Waals surface area contributed by atoms with E-state index in [1.807, 2.05) is 0 Å². The summed E-state index contributed by atoms with van der Waals surface area (Å²) in [6.45, 7) is -0.783. The first-order valence-electron chi connectivity index (χ1n) is 4.69. The van der Waals surface area contributed by atoms with Crippen LogP contribution in [-0.2, 0) is 0 Å². The summed E-state index contributed by atoms with van der Waals surface area (Å²) >= 11 is 0. The van der Waals surface area contributed by atoms with E-state index in [4.69, 9.17) is 14.9 Å². The van der Waals surface area contributed by atoms with Crippen LogP contribution >= 0.6 is 0 Å². The van der Waals surface area contributed by atoms with E-state index in [1.54, 1.807) is 0 Å². The molecule has 0 aliphatic carbocycles. The Kier molecular flexibility index (Phi) is 4.59. The predicted molar refractivity (Wildman–Crippen MR) is 51.7 cm³/mol. The minimum atomic E-state index is -4.74. The highest BCUT2D eigenvalue weighted by Crippen LogP contribution is 2.24. The van der Waals surface area contributed by atoms with Gasteiger partial charge in [-0.25, -0.2) is 0 Å². The maximum Gasteiger partial charge on any atom is 0.573 e. The maximum absolute atomic E-state index is 11.8. The van der Waals surface area contributed by atoms with Gasteiger partial charge in [-0.2, -0.15) is 0 Å². The summed E-state index contributed by atoms with van der Waals surface area (Å²) in [4.78, 5) is 0. The fourth-order valence-electron chi connectivity index (χ4n) is 1.04. The second-order valence-corrected chi connectivity index (χ2v) is 3.12. The van der Waals surface area contributed by atoms with Gasteiger partial charge in [0.15, 0.2) is 0 Å². The number of hydrogen-bond acceptors (Lipinski definition) is 4. The molecule has 0 radical (unpaired) electrons. The maximum atomic E-state index is 11.8. The zero-order valence-electron chi connectivity index (χ0n) is 8.65. The van der Waals surface area contributed by atoms with Crippen LogP contribution < -0.4 is 9.47 Å². The Morgan fingerprint density at radius 3 is 1.88 bits per heavy atom. The van der Waals surface area contributed by atoms with Crippen LogP contribution in [0.25, 0.3) is 0 Å². The van der Waals surface area contributed by atoms with Gasteiger partial charge in [0.1, 0.15) is 17.6 Å². The molecule has 0 unspecified atom stereocenters. The predicted octanol–water partition coefficient (Wildman–Crippen LogP) is 1.32. The van der Waals surface area contributed by atoms with E-state index < -0.39 is 25.7 Å². The van der Waals surface area contributed by atoms with Crippen LogP contribution in [0.4, 0.5) is 13.2 Å². The average Bonchev–Trinajstić information content (AvgIpc) is 2.26. The molecule has 2 N–H and O–H groups in total. The largest absolute Gasteiger partial charge is 0.573 e. The van der Waals surface area contributed by atoms with Crippen molar-refractivity contribution in [1.29, 1.82) is 0 Å². The number of hydrogen-bond donors (Lipinski definition) is 2. The Bertz CT molecular complexity index is 332. The van der Waals surface area contributed by atoms with E-state index in [-0.39, 0.29) is 11.5 Å². The highest BCUT2D eigenvalue weighted by atomic mass is 19.4. The van der Waals surface area contributed by atoms with Crippen LogP contribution in [0, 0.1) is 0 Å². The standard InChI is InChI=1S/C10H11F3O4/c11-10(12,13)17-8-3-1-7(2-4-8)16-9(5-14)6-15/h1-4,9,14-15H,5-6H2. The molecule has 0 spiro atoms. The van der Waals surface area contributed by atoms with Gasteiger partial charge in [0.05, 0.1) is 13.2 Å². The molecule has 0 bridgehead atoms. The van der Waals surface area contributed by atoms with E-state index in [1.165, 1.54) is 12.1 Å². The first-order chi connectivity index (χ1) is 7.94. The molecule has 0 aliphatic rings. The lowest BCUT2D eigenvalue weighted by Gasteiger charge is -2.14. The van der Waals surface area contributed by atoms with Crippen LogP contribution in [0.5, 0.6) is 11.5 Å². The molecule has 1 aromatic carbocycles. The topological polar surface area (TPSA) is 58.9 Å². The number of halogens is 3. The lowest BCUT2D eigenvalue weighted by atomic mass is 10.3. The van der Waals surface area contributed by atoms with Crippen molar-refractivity contribution < 1.29 is 32.9 Å². The summed E-state index contributed by atoms with van der Waals surface area (Å²) in [6.07, 6.45) is -5.54. The van der Waals surface area contributed by atoms with Crippen molar-refractivity contribution in [3.05, 3.63) is 24.3 Å². The number of alkyl halides is 3. The normalized spacial score (nSPS) is 11.6. The summed E-state index contributed by atoms with van der Waals surface area (Å²) in [6, 6.07) is 4.65. The van der Waals surface area contributed by atoms with Gasteiger partial charge < -0.3 is 19.7 Å². The van der Waals surface area contributed by atoms with Crippen molar-refractivity contribution in [2.45, 2.75) is 12.5 Å². The average molecular weight is 252 g/mol. The van der Waals surface area contributed by atoms with Crippen LogP contribution in [0.15, 0.2) is 24.3 Å². The van der Waals surface area contributed by atoms with Crippen molar-refractivity contribution in [2.24, 2.45) is 0 Å². The number of aliphatic hydroxyl groups excluding tert-OH is 2. The van der Waals surface area contributed by atoms with Crippen molar-refractivity contribution in [1.82, 2.24) is 0 Å². The molecular weight excluding hydrogens is 241 g/mol. The number of ether oxygens (including phenoxy) is 2. The van der Waals surface area contributed by atoms with Crippen molar-refractivity contribution in [2.75, 3.05) is 13.2 Å². The summed E-state index contributed by atoms with van der Waals surface area (Å²) in [5.74, 6) is -0.137. The zero-order chi connectivity index (χ0) is 12.9. The third-order valence-electron chi connectivity index (χ3n) is 1.77. The van der Waals surface area contributed by atoms with Gasteiger partial charge in [0, 0.05) is 0 Å². The molecule has 0 atom stereocenters. The minimum Gasteiger partial charge on any atom is -0.486 e. The molecular formula is C10H11F3O4. The van der Waals surface area contributed by atoms with Gasteiger partial charge >= 0.3 is 6.36 Å². The van der Waals surface area contributed by atoms with E-state index in [2.05, 4.69) is 4.74 Å². The Morgan fingerprint density at radius 2 is 1.47 bits per heavy atom. The molecule has 1 aromatic rings. The first kappa shape index (κ1) is 13.6. The third kappa shape index (κ3) is 4.92. The molecule has 0 aromatic heterocycles. The van der Waals surface area contributed by atoms with Crippen molar-refractivity contribution >= 4 is 0 Å². The molecule has 1 rings (SSSR count). The summed E-state index contributed by atoms with van der Waals surface area (Å²) < 4.78 is 44.2. The van der Waals surface area contributed by atoms with E-state index in [0.29, 0.717) is 0 Å². The smallest absolute Gasteiger partial charge is 0.486 e. The van der Waals surface area contributed by atoms with E-state index in [0.717, 1.165) is 12.1 Å².